The number of benzene rings is 1. The molecule has 29 heavy (non-hydrogen) atoms. The molecule has 0 saturated carbocycles. The molecule has 0 aliphatic carbocycles. The number of ether oxygens (including phenoxy) is 2. The summed E-state index contributed by atoms with van der Waals surface area (Å²) in [4.78, 5) is 24.9. The number of piperazine rings is 1. The van der Waals surface area contributed by atoms with Crippen molar-refractivity contribution in [1.82, 2.24) is 14.9 Å². The molecule has 3 heterocycles. The third-order valence-corrected chi connectivity index (χ3v) is 5.32. The molecule has 154 valence electrons. The molecule has 1 atom stereocenters. The van der Waals surface area contributed by atoms with Crippen molar-refractivity contribution in [1.29, 1.82) is 0 Å². The standard InChI is InChI=1S/C18H22BClN4O5/c1-18(2,3)29-17(25)23-4-5-24-10(7-23)8-28-15-13-12(21-9-22-16(13)24)6-11(14(15)20)19(26)27/h6,9-10,26-27H,4-5,7-8H2,1-3H3. The fourth-order valence-electron chi connectivity index (χ4n) is 3.66. The van der Waals surface area contributed by atoms with Crippen molar-refractivity contribution in [2.45, 2.75) is 32.4 Å². The Balaban J connectivity index is 1.69. The number of carbonyl (C=O) groups is 1. The van der Waals surface area contributed by atoms with Crippen LogP contribution in [0.25, 0.3) is 10.9 Å². The van der Waals surface area contributed by atoms with E-state index in [0.717, 1.165) is 0 Å². The summed E-state index contributed by atoms with van der Waals surface area (Å²) >= 11 is 6.41. The Hall–Kier alpha value is -2.30. The summed E-state index contributed by atoms with van der Waals surface area (Å²) in [5.74, 6) is 0.971. The predicted octanol–water partition coefficient (Wildman–Crippen LogP) is 0.781. The molecule has 11 heteroatoms. The fraction of sp³-hybridized carbons (Fsp3) is 0.500. The molecule has 0 bridgehead atoms. The van der Waals surface area contributed by atoms with Gasteiger partial charge in [-0.1, -0.05) is 11.6 Å². The minimum absolute atomic E-state index is 0.118. The molecule has 1 saturated heterocycles. The lowest BCUT2D eigenvalue weighted by Gasteiger charge is -2.41. The molecule has 9 nitrogen and oxygen atoms in total. The Bertz CT molecular complexity index is 967. The average molecular weight is 421 g/mol. The molecule has 2 aliphatic rings. The molecule has 1 aromatic heterocycles. The van der Waals surface area contributed by atoms with E-state index in [9.17, 15) is 14.8 Å². The van der Waals surface area contributed by atoms with Gasteiger partial charge in [0.25, 0.3) is 0 Å². The molecular weight excluding hydrogens is 398 g/mol. The van der Waals surface area contributed by atoms with Gasteiger partial charge in [-0.25, -0.2) is 14.8 Å². The lowest BCUT2D eigenvalue weighted by Crippen LogP contribution is -2.57. The highest BCUT2D eigenvalue weighted by Gasteiger charge is 2.37. The molecule has 0 radical (unpaired) electrons. The van der Waals surface area contributed by atoms with Gasteiger partial charge in [-0.2, -0.15) is 0 Å². The van der Waals surface area contributed by atoms with Crippen LogP contribution in [-0.4, -0.2) is 76.0 Å². The van der Waals surface area contributed by atoms with Crippen LogP contribution in [0.5, 0.6) is 5.75 Å². The van der Waals surface area contributed by atoms with Crippen LogP contribution in [0.3, 0.4) is 0 Å². The quantitative estimate of drug-likeness (QED) is 0.652. The first-order valence-electron chi connectivity index (χ1n) is 9.36. The van der Waals surface area contributed by atoms with E-state index in [4.69, 9.17) is 21.1 Å². The van der Waals surface area contributed by atoms with E-state index in [1.54, 1.807) is 4.90 Å². The first kappa shape index (κ1) is 20.0. The molecule has 1 amide bonds. The Morgan fingerprint density at radius 3 is 2.79 bits per heavy atom. The molecule has 1 aromatic carbocycles. The number of amides is 1. The number of aromatic nitrogens is 2. The highest BCUT2D eigenvalue weighted by Crippen LogP contribution is 2.40. The van der Waals surface area contributed by atoms with Crippen molar-refractivity contribution in [3.05, 3.63) is 17.4 Å². The van der Waals surface area contributed by atoms with Crippen LogP contribution in [0.1, 0.15) is 20.8 Å². The van der Waals surface area contributed by atoms with Crippen LogP contribution in [0, 0.1) is 0 Å². The molecule has 1 unspecified atom stereocenters. The van der Waals surface area contributed by atoms with Crippen molar-refractivity contribution in [2.24, 2.45) is 0 Å². The van der Waals surface area contributed by atoms with Crippen molar-refractivity contribution in [2.75, 3.05) is 31.1 Å². The highest BCUT2D eigenvalue weighted by molar-refractivity contribution is 6.63. The number of nitrogens with zero attached hydrogens (tertiary/aromatic N) is 4. The van der Waals surface area contributed by atoms with Gasteiger partial charge in [-0.3, -0.25) is 0 Å². The minimum Gasteiger partial charge on any atom is -0.489 e. The van der Waals surface area contributed by atoms with Gasteiger partial charge in [0.05, 0.1) is 22.0 Å². The largest absolute Gasteiger partial charge is 0.490 e. The zero-order valence-corrected chi connectivity index (χ0v) is 17.2. The zero-order valence-electron chi connectivity index (χ0n) is 16.4. The van der Waals surface area contributed by atoms with Gasteiger partial charge in [0.1, 0.15) is 24.4 Å². The summed E-state index contributed by atoms with van der Waals surface area (Å²) in [6.07, 6.45) is 1.06. The molecule has 2 N–H and O–H groups in total. The normalized spacial score (nSPS) is 18.8. The lowest BCUT2D eigenvalue weighted by molar-refractivity contribution is 0.0202. The summed E-state index contributed by atoms with van der Waals surface area (Å²) in [5.41, 5.74) is 0.0555. The summed E-state index contributed by atoms with van der Waals surface area (Å²) in [6.45, 7) is 7.17. The number of anilines is 1. The third kappa shape index (κ3) is 3.67. The number of hydrogen-bond donors (Lipinski definition) is 2. The SMILES string of the molecule is CC(C)(C)OC(=O)N1CCN2c3ncnc4cc(B(O)O)c(Cl)c(c34)OCC2C1. The monoisotopic (exact) mass is 420 g/mol. The second kappa shape index (κ2) is 7.19. The lowest BCUT2D eigenvalue weighted by atomic mass is 9.79. The summed E-state index contributed by atoms with van der Waals surface area (Å²) < 4.78 is 11.5. The van der Waals surface area contributed by atoms with Gasteiger partial charge in [0, 0.05) is 25.1 Å². The molecule has 4 rings (SSSR count). The molecule has 0 spiro atoms. The maximum Gasteiger partial charge on any atom is 0.490 e. The van der Waals surface area contributed by atoms with Gasteiger partial charge in [-0.05, 0) is 26.8 Å². The number of halogens is 1. The average Bonchev–Trinajstić information content (AvgIpc) is 2.81. The Morgan fingerprint density at radius 2 is 2.10 bits per heavy atom. The van der Waals surface area contributed by atoms with Crippen molar-refractivity contribution < 1.29 is 24.3 Å². The van der Waals surface area contributed by atoms with Gasteiger partial charge in [0.2, 0.25) is 0 Å². The van der Waals surface area contributed by atoms with Crippen LogP contribution < -0.4 is 15.1 Å². The topological polar surface area (TPSA) is 108 Å². The predicted molar refractivity (Wildman–Crippen MR) is 109 cm³/mol. The molecule has 2 aliphatic heterocycles. The Labute approximate surface area is 173 Å². The molecule has 2 aromatic rings. The van der Waals surface area contributed by atoms with Crippen LogP contribution in [0.4, 0.5) is 10.6 Å². The summed E-state index contributed by atoms with van der Waals surface area (Å²) in [6, 6.07) is 1.36. The fourth-order valence-corrected chi connectivity index (χ4v) is 3.96. The zero-order chi connectivity index (χ0) is 20.9. The van der Waals surface area contributed by atoms with Gasteiger partial charge >= 0.3 is 13.2 Å². The first-order chi connectivity index (χ1) is 13.7. The van der Waals surface area contributed by atoms with Crippen LogP contribution in [-0.2, 0) is 4.74 Å². The summed E-state index contributed by atoms with van der Waals surface area (Å²) in [7, 11) is -1.75. The van der Waals surface area contributed by atoms with E-state index in [1.165, 1.54) is 12.4 Å². The van der Waals surface area contributed by atoms with E-state index in [-0.39, 0.29) is 29.2 Å². The minimum atomic E-state index is -1.75. The van der Waals surface area contributed by atoms with Crippen molar-refractivity contribution >= 4 is 47.0 Å². The number of carbonyl (C=O) groups excluding carboxylic acids is 1. The third-order valence-electron chi connectivity index (χ3n) is 4.93. The van der Waals surface area contributed by atoms with Crippen LogP contribution >= 0.6 is 11.6 Å². The van der Waals surface area contributed by atoms with E-state index in [1.807, 2.05) is 20.8 Å². The van der Waals surface area contributed by atoms with E-state index in [0.29, 0.717) is 42.1 Å². The number of fused-ring (bicyclic) bond motifs is 2. The van der Waals surface area contributed by atoms with Crippen LogP contribution in [0.15, 0.2) is 12.4 Å². The van der Waals surface area contributed by atoms with Gasteiger partial charge < -0.3 is 29.3 Å². The Kier molecular flexibility index (Phi) is 4.96. The van der Waals surface area contributed by atoms with Gasteiger partial charge in [-0.15, -0.1) is 0 Å². The second-order valence-electron chi connectivity index (χ2n) is 8.16. The van der Waals surface area contributed by atoms with E-state index >= 15 is 0 Å². The summed E-state index contributed by atoms with van der Waals surface area (Å²) in [5, 5.41) is 20.0. The Morgan fingerprint density at radius 1 is 1.34 bits per heavy atom. The van der Waals surface area contributed by atoms with Crippen molar-refractivity contribution in [3.8, 4) is 5.75 Å². The molecule has 1 fully saturated rings. The van der Waals surface area contributed by atoms with Crippen molar-refractivity contribution in [3.63, 3.8) is 0 Å². The second-order valence-corrected chi connectivity index (χ2v) is 8.54. The van der Waals surface area contributed by atoms with E-state index in [2.05, 4.69) is 14.9 Å². The van der Waals surface area contributed by atoms with E-state index < -0.39 is 12.7 Å². The van der Waals surface area contributed by atoms with Crippen LogP contribution in [0.2, 0.25) is 5.02 Å². The first-order valence-corrected chi connectivity index (χ1v) is 9.74. The highest BCUT2D eigenvalue weighted by atomic mass is 35.5. The molecular formula is C18H22BClN4O5. The maximum absolute atomic E-state index is 12.5. The number of hydrogen-bond acceptors (Lipinski definition) is 8. The maximum atomic E-state index is 12.5. The smallest absolute Gasteiger partial charge is 0.489 e. The van der Waals surface area contributed by atoms with Gasteiger partial charge in [0.15, 0.2) is 5.75 Å². The number of rotatable bonds is 1.